The smallest absolute Gasteiger partial charge is 0.321 e. The molecular formula is C20H25N3O2. The number of rotatable bonds is 4. The van der Waals surface area contributed by atoms with Crippen molar-refractivity contribution in [2.45, 2.75) is 38.6 Å². The van der Waals surface area contributed by atoms with Gasteiger partial charge in [0.05, 0.1) is 0 Å². The van der Waals surface area contributed by atoms with Crippen molar-refractivity contribution in [1.29, 1.82) is 0 Å². The van der Waals surface area contributed by atoms with Crippen LogP contribution in [-0.4, -0.2) is 29.0 Å². The minimum Gasteiger partial charge on any atom is -0.457 e. The summed E-state index contributed by atoms with van der Waals surface area (Å²) in [6.07, 6.45) is 8.10. The average molecular weight is 339 g/mol. The Morgan fingerprint density at radius 3 is 2.68 bits per heavy atom. The average Bonchev–Trinajstić information content (AvgIpc) is 2.63. The maximum absolute atomic E-state index is 12.6. The first-order valence-electron chi connectivity index (χ1n) is 8.85. The van der Waals surface area contributed by atoms with Crippen LogP contribution in [0.25, 0.3) is 0 Å². The van der Waals surface area contributed by atoms with E-state index in [1.165, 1.54) is 19.3 Å². The first-order chi connectivity index (χ1) is 12.1. The predicted octanol–water partition coefficient (Wildman–Crippen LogP) is 4.92. The number of anilines is 1. The van der Waals surface area contributed by atoms with Crippen molar-refractivity contribution in [1.82, 2.24) is 9.88 Å². The van der Waals surface area contributed by atoms with E-state index in [9.17, 15) is 4.79 Å². The quantitative estimate of drug-likeness (QED) is 0.860. The normalized spacial score (nSPS) is 19.9. The van der Waals surface area contributed by atoms with E-state index in [0.29, 0.717) is 23.5 Å². The molecule has 1 aromatic carbocycles. The highest BCUT2D eigenvalue weighted by Crippen LogP contribution is 2.28. The number of nitrogens with zero attached hydrogens (tertiary/aromatic N) is 2. The molecule has 0 radical (unpaired) electrons. The van der Waals surface area contributed by atoms with Gasteiger partial charge in [-0.05, 0) is 43.0 Å². The Kier molecular flexibility index (Phi) is 5.53. The molecule has 1 aliphatic carbocycles. The Hall–Kier alpha value is -2.56. The summed E-state index contributed by atoms with van der Waals surface area (Å²) < 4.78 is 5.79. The molecule has 3 rings (SSSR count). The summed E-state index contributed by atoms with van der Waals surface area (Å²) in [5.41, 5.74) is 0.729. The monoisotopic (exact) mass is 339 g/mol. The van der Waals surface area contributed by atoms with Crippen molar-refractivity contribution < 1.29 is 9.53 Å². The lowest BCUT2D eigenvalue weighted by Gasteiger charge is -2.36. The van der Waals surface area contributed by atoms with Gasteiger partial charge in [-0.15, -0.1) is 0 Å². The van der Waals surface area contributed by atoms with Gasteiger partial charge in [-0.3, -0.25) is 4.98 Å². The summed E-state index contributed by atoms with van der Waals surface area (Å²) in [4.78, 5) is 18.4. The van der Waals surface area contributed by atoms with E-state index in [1.54, 1.807) is 24.5 Å². The number of amides is 2. The second kappa shape index (κ2) is 8.01. The van der Waals surface area contributed by atoms with E-state index in [2.05, 4.69) is 17.2 Å². The van der Waals surface area contributed by atoms with Crippen molar-refractivity contribution in [2.75, 3.05) is 12.4 Å². The molecule has 1 heterocycles. The van der Waals surface area contributed by atoms with Gasteiger partial charge in [0.25, 0.3) is 0 Å². The van der Waals surface area contributed by atoms with Crippen LogP contribution >= 0.6 is 0 Å². The fraction of sp³-hybridized carbons (Fsp3) is 0.400. The second-order valence-electron chi connectivity index (χ2n) is 6.68. The molecule has 5 nitrogen and oxygen atoms in total. The number of carbonyl (C=O) groups excluding carboxylic acids is 1. The molecular weight excluding hydrogens is 314 g/mol. The highest BCUT2D eigenvalue weighted by atomic mass is 16.5. The molecule has 0 bridgehead atoms. The summed E-state index contributed by atoms with van der Waals surface area (Å²) in [5.74, 6) is 1.94. The van der Waals surface area contributed by atoms with Crippen LogP contribution in [0, 0.1) is 5.92 Å². The zero-order valence-corrected chi connectivity index (χ0v) is 14.8. The van der Waals surface area contributed by atoms with Crippen LogP contribution in [0.2, 0.25) is 0 Å². The molecule has 5 heteroatoms. The zero-order chi connectivity index (χ0) is 17.6. The van der Waals surface area contributed by atoms with E-state index in [4.69, 9.17) is 4.74 Å². The first-order valence-corrected chi connectivity index (χ1v) is 8.85. The Morgan fingerprint density at radius 1 is 1.16 bits per heavy atom. The third-order valence-electron chi connectivity index (χ3n) is 4.85. The summed E-state index contributed by atoms with van der Waals surface area (Å²) in [6.45, 7) is 2.23. The van der Waals surface area contributed by atoms with Crippen molar-refractivity contribution >= 4 is 11.7 Å². The Balaban J connectivity index is 1.64. The highest BCUT2D eigenvalue weighted by Gasteiger charge is 2.27. The number of aromatic nitrogens is 1. The molecule has 2 aromatic rings. The van der Waals surface area contributed by atoms with Crippen molar-refractivity contribution in [3.8, 4) is 11.5 Å². The number of nitrogens with one attached hydrogen (secondary N) is 1. The lowest BCUT2D eigenvalue weighted by Crippen LogP contribution is -2.44. The van der Waals surface area contributed by atoms with Crippen molar-refractivity contribution in [2.24, 2.45) is 5.92 Å². The van der Waals surface area contributed by atoms with Crippen molar-refractivity contribution in [3.63, 3.8) is 0 Å². The van der Waals surface area contributed by atoms with Crippen LogP contribution < -0.4 is 10.1 Å². The molecule has 1 saturated carbocycles. The number of pyridine rings is 1. The van der Waals surface area contributed by atoms with E-state index < -0.39 is 0 Å². The summed E-state index contributed by atoms with van der Waals surface area (Å²) in [6, 6.07) is 11.3. The summed E-state index contributed by atoms with van der Waals surface area (Å²) >= 11 is 0. The molecule has 2 amide bonds. The summed E-state index contributed by atoms with van der Waals surface area (Å²) in [5, 5.41) is 2.98. The first kappa shape index (κ1) is 17.3. The van der Waals surface area contributed by atoms with Crippen LogP contribution in [0.3, 0.4) is 0 Å². The summed E-state index contributed by atoms with van der Waals surface area (Å²) in [7, 11) is 1.89. The van der Waals surface area contributed by atoms with Crippen LogP contribution in [0.4, 0.5) is 10.5 Å². The van der Waals surface area contributed by atoms with Gasteiger partial charge in [0.2, 0.25) is 0 Å². The topological polar surface area (TPSA) is 54.5 Å². The Labute approximate surface area is 149 Å². The molecule has 0 saturated heterocycles. The number of hydrogen-bond acceptors (Lipinski definition) is 3. The SMILES string of the molecule is CC1CCCCC1N(C)C(=O)Nc1cccc(Oc2ccncc2)c1. The van der Waals surface area contributed by atoms with Crippen LogP contribution in [0.5, 0.6) is 11.5 Å². The van der Waals surface area contributed by atoms with Crippen molar-refractivity contribution in [3.05, 3.63) is 48.8 Å². The van der Waals surface area contributed by atoms with Gasteiger partial charge < -0.3 is 15.0 Å². The number of benzene rings is 1. The molecule has 1 N–H and O–H groups in total. The van der Waals surface area contributed by atoms with E-state index in [-0.39, 0.29) is 6.03 Å². The molecule has 1 aromatic heterocycles. The third kappa shape index (κ3) is 4.50. The predicted molar refractivity (Wildman–Crippen MR) is 99.0 cm³/mol. The van der Waals surface area contributed by atoms with Gasteiger partial charge >= 0.3 is 6.03 Å². The van der Waals surface area contributed by atoms with E-state index >= 15 is 0 Å². The van der Waals surface area contributed by atoms with E-state index in [1.807, 2.05) is 36.2 Å². The van der Waals surface area contributed by atoms with Gasteiger partial charge in [-0.1, -0.05) is 25.8 Å². The highest BCUT2D eigenvalue weighted by molar-refractivity contribution is 5.89. The second-order valence-corrected chi connectivity index (χ2v) is 6.68. The molecule has 1 fully saturated rings. The number of carbonyl (C=O) groups is 1. The fourth-order valence-electron chi connectivity index (χ4n) is 3.41. The van der Waals surface area contributed by atoms with Crippen LogP contribution in [-0.2, 0) is 0 Å². The molecule has 25 heavy (non-hydrogen) atoms. The number of urea groups is 1. The van der Waals surface area contributed by atoms with Crippen LogP contribution in [0.15, 0.2) is 48.8 Å². The number of ether oxygens (including phenoxy) is 1. The molecule has 0 spiro atoms. The van der Waals surface area contributed by atoms with Gasteiger partial charge in [0.1, 0.15) is 11.5 Å². The lowest BCUT2D eigenvalue weighted by atomic mass is 9.85. The Morgan fingerprint density at radius 2 is 1.92 bits per heavy atom. The van der Waals surface area contributed by atoms with Crippen LogP contribution in [0.1, 0.15) is 32.6 Å². The standard InChI is InChI=1S/C20H25N3O2/c1-15-6-3-4-9-19(15)23(2)20(24)22-16-7-5-8-18(14-16)25-17-10-12-21-13-11-17/h5,7-8,10-15,19H,3-4,6,9H2,1-2H3,(H,22,24). The van der Waals surface area contributed by atoms with Gasteiger partial charge in [0, 0.05) is 37.2 Å². The minimum absolute atomic E-state index is 0.0696. The molecule has 132 valence electrons. The molecule has 2 unspecified atom stereocenters. The largest absolute Gasteiger partial charge is 0.457 e. The lowest BCUT2D eigenvalue weighted by molar-refractivity contribution is 0.155. The number of hydrogen-bond donors (Lipinski definition) is 1. The minimum atomic E-state index is -0.0696. The molecule has 2 atom stereocenters. The Bertz CT molecular complexity index is 705. The zero-order valence-electron chi connectivity index (χ0n) is 14.8. The van der Waals surface area contributed by atoms with Gasteiger partial charge in [-0.2, -0.15) is 0 Å². The third-order valence-corrected chi connectivity index (χ3v) is 4.85. The molecule has 0 aliphatic heterocycles. The molecule has 1 aliphatic rings. The fourth-order valence-corrected chi connectivity index (χ4v) is 3.41. The maximum Gasteiger partial charge on any atom is 0.321 e. The maximum atomic E-state index is 12.6. The van der Waals surface area contributed by atoms with E-state index in [0.717, 1.165) is 12.1 Å². The van der Waals surface area contributed by atoms with Gasteiger partial charge in [-0.25, -0.2) is 4.79 Å². The van der Waals surface area contributed by atoms with Gasteiger partial charge in [0.15, 0.2) is 0 Å².